The second-order valence-corrected chi connectivity index (χ2v) is 7.23. The lowest BCUT2D eigenvalue weighted by Gasteiger charge is -2.47. The molecule has 3 atom stereocenters. The van der Waals surface area contributed by atoms with Gasteiger partial charge in [0.15, 0.2) is 0 Å². The number of rotatable bonds is 2. The zero-order chi connectivity index (χ0) is 11.8. The van der Waals surface area contributed by atoms with E-state index in [1.807, 2.05) is 0 Å². The van der Waals surface area contributed by atoms with Crippen LogP contribution in [-0.4, -0.2) is 6.54 Å². The lowest BCUT2D eigenvalue weighted by Crippen LogP contribution is -2.40. The quantitative estimate of drug-likeness (QED) is 0.756. The third-order valence-electron chi connectivity index (χ3n) is 5.33. The first kappa shape index (κ1) is 12.4. The highest BCUT2D eigenvalue weighted by molar-refractivity contribution is 4.91. The van der Waals surface area contributed by atoms with E-state index < -0.39 is 0 Å². The number of nitrogens with two attached hydrogens (primary N) is 1. The second kappa shape index (κ2) is 4.68. The van der Waals surface area contributed by atoms with Gasteiger partial charge in [0.2, 0.25) is 0 Å². The summed E-state index contributed by atoms with van der Waals surface area (Å²) in [7, 11) is 0. The molecule has 0 aliphatic heterocycles. The molecular formula is C15H29N. The Balaban J connectivity index is 2.00. The van der Waals surface area contributed by atoms with Crippen molar-refractivity contribution in [1.82, 2.24) is 0 Å². The van der Waals surface area contributed by atoms with Crippen LogP contribution in [0.3, 0.4) is 0 Å². The first-order valence-electron chi connectivity index (χ1n) is 7.22. The maximum Gasteiger partial charge on any atom is -0.00461 e. The highest BCUT2D eigenvalue weighted by atomic mass is 14.6. The summed E-state index contributed by atoms with van der Waals surface area (Å²) >= 11 is 0. The highest BCUT2D eigenvalue weighted by Gasteiger charge is 2.40. The van der Waals surface area contributed by atoms with E-state index >= 15 is 0 Å². The van der Waals surface area contributed by atoms with Gasteiger partial charge in [-0.2, -0.15) is 0 Å². The molecule has 0 radical (unpaired) electrons. The van der Waals surface area contributed by atoms with Crippen LogP contribution in [0.15, 0.2) is 0 Å². The van der Waals surface area contributed by atoms with Crippen molar-refractivity contribution >= 4 is 0 Å². The van der Waals surface area contributed by atoms with E-state index in [2.05, 4.69) is 20.8 Å². The molecule has 0 heterocycles. The van der Waals surface area contributed by atoms with Gasteiger partial charge in [-0.15, -0.1) is 0 Å². The van der Waals surface area contributed by atoms with Crippen molar-refractivity contribution in [3.63, 3.8) is 0 Å². The fourth-order valence-electron chi connectivity index (χ4n) is 3.79. The minimum absolute atomic E-state index is 0.502. The Hall–Kier alpha value is -0.0400. The average molecular weight is 223 g/mol. The van der Waals surface area contributed by atoms with Gasteiger partial charge >= 0.3 is 0 Å². The Bertz CT molecular complexity index is 224. The first-order chi connectivity index (χ1) is 7.52. The predicted molar refractivity (Wildman–Crippen MR) is 70.2 cm³/mol. The van der Waals surface area contributed by atoms with E-state index in [0.717, 1.165) is 30.2 Å². The first-order valence-corrected chi connectivity index (χ1v) is 7.22. The molecule has 2 rings (SSSR count). The van der Waals surface area contributed by atoms with Crippen LogP contribution < -0.4 is 5.73 Å². The minimum atomic E-state index is 0.502. The number of hydrogen-bond acceptors (Lipinski definition) is 1. The summed E-state index contributed by atoms with van der Waals surface area (Å²) in [4.78, 5) is 0. The van der Waals surface area contributed by atoms with Crippen molar-refractivity contribution in [2.75, 3.05) is 6.54 Å². The Morgan fingerprint density at radius 2 is 1.75 bits per heavy atom. The van der Waals surface area contributed by atoms with E-state index in [1.165, 1.54) is 38.5 Å². The van der Waals surface area contributed by atoms with Crippen LogP contribution in [-0.2, 0) is 0 Å². The molecule has 1 heteroatoms. The molecule has 2 aliphatic carbocycles. The van der Waals surface area contributed by atoms with Crippen LogP contribution in [0, 0.1) is 29.1 Å². The largest absolute Gasteiger partial charge is 0.330 e. The van der Waals surface area contributed by atoms with E-state index in [9.17, 15) is 0 Å². The molecule has 3 unspecified atom stereocenters. The lowest BCUT2D eigenvalue weighted by atomic mass is 9.59. The Kier molecular flexibility index (Phi) is 3.63. The molecule has 0 aromatic rings. The fourth-order valence-corrected chi connectivity index (χ4v) is 3.79. The smallest absolute Gasteiger partial charge is 0.00461 e. The molecule has 0 bridgehead atoms. The van der Waals surface area contributed by atoms with Gasteiger partial charge in [0.05, 0.1) is 0 Å². The van der Waals surface area contributed by atoms with Gasteiger partial charge in [-0.1, -0.05) is 40.0 Å². The molecule has 0 aromatic heterocycles. The molecule has 16 heavy (non-hydrogen) atoms. The summed E-state index contributed by atoms with van der Waals surface area (Å²) in [6.45, 7) is 8.17. The van der Waals surface area contributed by atoms with Gasteiger partial charge < -0.3 is 5.73 Å². The molecule has 2 saturated carbocycles. The Labute approximate surface area is 101 Å². The van der Waals surface area contributed by atoms with Gasteiger partial charge in [0, 0.05) is 0 Å². The normalized spacial score (nSPS) is 37.1. The summed E-state index contributed by atoms with van der Waals surface area (Å²) in [5.74, 6) is 3.75. The monoisotopic (exact) mass is 223 g/mol. The van der Waals surface area contributed by atoms with Crippen LogP contribution in [0.1, 0.15) is 59.3 Å². The molecule has 2 fully saturated rings. The molecule has 94 valence electrons. The highest BCUT2D eigenvalue weighted by Crippen LogP contribution is 2.49. The SMILES string of the molecule is CC(C)(C)C1CCC(CN)C(C2CCC2)C1. The molecular weight excluding hydrogens is 194 g/mol. The van der Waals surface area contributed by atoms with Gasteiger partial charge in [-0.05, 0) is 54.9 Å². The van der Waals surface area contributed by atoms with Crippen molar-refractivity contribution in [2.24, 2.45) is 34.8 Å². The third kappa shape index (κ3) is 2.45. The van der Waals surface area contributed by atoms with Crippen molar-refractivity contribution in [2.45, 2.75) is 59.3 Å². The van der Waals surface area contributed by atoms with Gasteiger partial charge in [0.25, 0.3) is 0 Å². The van der Waals surface area contributed by atoms with Crippen molar-refractivity contribution in [1.29, 1.82) is 0 Å². The maximum absolute atomic E-state index is 5.96. The Morgan fingerprint density at radius 1 is 1.06 bits per heavy atom. The summed E-state index contributed by atoms with van der Waals surface area (Å²) in [6, 6.07) is 0. The van der Waals surface area contributed by atoms with E-state index in [0.29, 0.717) is 5.41 Å². The zero-order valence-electron chi connectivity index (χ0n) is 11.3. The van der Waals surface area contributed by atoms with Crippen molar-refractivity contribution in [3.8, 4) is 0 Å². The molecule has 1 nitrogen and oxygen atoms in total. The molecule has 0 saturated heterocycles. The van der Waals surface area contributed by atoms with E-state index in [4.69, 9.17) is 5.73 Å². The predicted octanol–water partition coefficient (Wildman–Crippen LogP) is 3.82. The van der Waals surface area contributed by atoms with E-state index in [-0.39, 0.29) is 0 Å². The maximum atomic E-state index is 5.96. The second-order valence-electron chi connectivity index (χ2n) is 7.23. The van der Waals surface area contributed by atoms with Crippen LogP contribution in [0.25, 0.3) is 0 Å². The molecule has 0 amide bonds. The minimum Gasteiger partial charge on any atom is -0.330 e. The fraction of sp³-hybridized carbons (Fsp3) is 1.00. The molecule has 0 aromatic carbocycles. The van der Waals surface area contributed by atoms with Gasteiger partial charge in [-0.3, -0.25) is 0 Å². The van der Waals surface area contributed by atoms with Crippen LogP contribution in [0.2, 0.25) is 0 Å². The van der Waals surface area contributed by atoms with Crippen LogP contribution in [0.5, 0.6) is 0 Å². The summed E-state index contributed by atoms with van der Waals surface area (Å²) in [6.07, 6.45) is 8.69. The zero-order valence-corrected chi connectivity index (χ0v) is 11.3. The van der Waals surface area contributed by atoms with Gasteiger partial charge in [0.1, 0.15) is 0 Å². The van der Waals surface area contributed by atoms with Crippen LogP contribution in [0.4, 0.5) is 0 Å². The average Bonchev–Trinajstić information content (AvgIpc) is 2.13. The topological polar surface area (TPSA) is 26.0 Å². The molecule has 2 N–H and O–H groups in total. The Morgan fingerprint density at radius 3 is 2.19 bits per heavy atom. The standard InChI is InChI=1S/C15H29N/c1-15(2,3)13-8-7-12(10-16)14(9-13)11-5-4-6-11/h11-14H,4-10,16H2,1-3H3. The molecule has 0 spiro atoms. The van der Waals surface area contributed by atoms with Crippen molar-refractivity contribution in [3.05, 3.63) is 0 Å². The molecule has 2 aliphatic rings. The number of hydrogen-bond donors (Lipinski definition) is 1. The van der Waals surface area contributed by atoms with Crippen molar-refractivity contribution < 1.29 is 0 Å². The summed E-state index contributed by atoms with van der Waals surface area (Å²) in [5.41, 5.74) is 6.47. The lowest BCUT2D eigenvalue weighted by molar-refractivity contribution is 0.0396. The van der Waals surface area contributed by atoms with Gasteiger partial charge in [-0.25, -0.2) is 0 Å². The van der Waals surface area contributed by atoms with Crippen LogP contribution >= 0.6 is 0 Å². The summed E-state index contributed by atoms with van der Waals surface area (Å²) < 4.78 is 0. The van der Waals surface area contributed by atoms with E-state index in [1.54, 1.807) is 0 Å². The summed E-state index contributed by atoms with van der Waals surface area (Å²) in [5, 5.41) is 0. The third-order valence-corrected chi connectivity index (χ3v) is 5.33.